The molecule has 0 atom stereocenters. The Balaban J connectivity index is 1.71. The zero-order valence-corrected chi connectivity index (χ0v) is 18.5. The highest BCUT2D eigenvalue weighted by Gasteiger charge is 2.10. The molecule has 0 bridgehead atoms. The molecule has 0 spiro atoms. The fraction of sp³-hybridized carbons (Fsp3) is 0.192. The van der Waals surface area contributed by atoms with E-state index in [-0.39, 0.29) is 5.69 Å². The molecule has 3 aromatic carbocycles. The molecule has 0 unspecified atom stereocenters. The Kier molecular flexibility index (Phi) is 8.03. The van der Waals surface area contributed by atoms with Crippen molar-refractivity contribution in [3.8, 4) is 23.3 Å². The molecule has 0 amide bonds. The van der Waals surface area contributed by atoms with E-state index >= 15 is 0 Å². The Labute approximate surface area is 192 Å². The van der Waals surface area contributed by atoms with Crippen molar-refractivity contribution < 1.29 is 19.1 Å². The lowest BCUT2D eigenvalue weighted by atomic mass is 10.0. The van der Waals surface area contributed by atoms with Crippen LogP contribution in [0.1, 0.15) is 23.6 Å². The summed E-state index contributed by atoms with van der Waals surface area (Å²) in [6.07, 6.45) is 1.70. The van der Waals surface area contributed by atoms with Crippen LogP contribution in [0, 0.1) is 28.4 Å². The Morgan fingerprint density at radius 2 is 1.76 bits per heavy atom. The topological polar surface area (TPSA) is 94.6 Å². The van der Waals surface area contributed by atoms with Crippen molar-refractivity contribution in [3.63, 3.8) is 0 Å². The molecule has 3 rings (SSSR count). The van der Waals surface area contributed by atoms with E-state index in [0.29, 0.717) is 42.5 Å². The number of hydrogen-bond donors (Lipinski definition) is 0. The third-order valence-corrected chi connectivity index (χ3v) is 4.69. The Morgan fingerprint density at radius 1 is 1.00 bits per heavy atom. The molecule has 33 heavy (non-hydrogen) atoms. The number of rotatable bonds is 10. The fourth-order valence-corrected chi connectivity index (χ4v) is 3.13. The highest BCUT2D eigenvalue weighted by atomic mass is 16.6. The summed E-state index contributed by atoms with van der Waals surface area (Å²) in [7, 11) is 0. The number of non-ortho nitro benzene ring substituents is 1. The van der Waals surface area contributed by atoms with E-state index in [1.807, 2.05) is 44.2 Å². The van der Waals surface area contributed by atoms with E-state index < -0.39 is 4.92 Å². The number of allylic oxidation sites excluding steroid dienone is 1. The van der Waals surface area contributed by atoms with Crippen LogP contribution in [0.5, 0.6) is 17.2 Å². The second-order valence-electron chi connectivity index (χ2n) is 7.13. The molecule has 0 fully saturated rings. The summed E-state index contributed by atoms with van der Waals surface area (Å²) in [6.45, 7) is 5.07. The van der Waals surface area contributed by atoms with Crippen molar-refractivity contribution in [2.75, 3.05) is 19.8 Å². The summed E-state index contributed by atoms with van der Waals surface area (Å²) in [5, 5.41) is 20.4. The van der Waals surface area contributed by atoms with Gasteiger partial charge in [0.1, 0.15) is 19.0 Å². The minimum atomic E-state index is -0.474. The number of aryl methyl sites for hydroxylation is 1. The van der Waals surface area contributed by atoms with E-state index in [1.54, 1.807) is 30.3 Å². The third-order valence-electron chi connectivity index (χ3n) is 4.69. The normalized spacial score (nSPS) is 10.9. The van der Waals surface area contributed by atoms with Gasteiger partial charge in [-0.15, -0.1) is 0 Å². The number of benzene rings is 3. The smallest absolute Gasteiger partial charge is 0.269 e. The lowest BCUT2D eigenvalue weighted by Crippen LogP contribution is -2.10. The number of nitro groups is 1. The van der Waals surface area contributed by atoms with E-state index in [1.165, 1.54) is 12.1 Å². The first kappa shape index (κ1) is 23.4. The van der Waals surface area contributed by atoms with Gasteiger partial charge in [-0.2, -0.15) is 5.26 Å². The number of ether oxygens (including phenoxy) is 3. The summed E-state index contributed by atoms with van der Waals surface area (Å²) in [5.74, 6) is 1.93. The first-order chi connectivity index (χ1) is 16.0. The number of nitro benzene ring substituents is 1. The van der Waals surface area contributed by atoms with Gasteiger partial charge in [0.15, 0.2) is 11.5 Å². The van der Waals surface area contributed by atoms with Crippen LogP contribution in [0.25, 0.3) is 11.6 Å². The minimum Gasteiger partial charge on any atom is -0.490 e. The van der Waals surface area contributed by atoms with Gasteiger partial charge in [-0.05, 0) is 73.0 Å². The van der Waals surface area contributed by atoms with Gasteiger partial charge in [0.25, 0.3) is 5.69 Å². The van der Waals surface area contributed by atoms with Crippen LogP contribution in [0.2, 0.25) is 0 Å². The summed E-state index contributed by atoms with van der Waals surface area (Å²) in [5.41, 5.74) is 2.82. The highest BCUT2D eigenvalue weighted by Crippen LogP contribution is 2.30. The Hall–Kier alpha value is -4.31. The van der Waals surface area contributed by atoms with Crippen molar-refractivity contribution in [3.05, 3.63) is 93.5 Å². The van der Waals surface area contributed by atoms with Crippen LogP contribution < -0.4 is 14.2 Å². The van der Waals surface area contributed by atoms with Crippen LogP contribution in [-0.2, 0) is 0 Å². The molecule has 3 aromatic rings. The highest BCUT2D eigenvalue weighted by molar-refractivity contribution is 5.90. The van der Waals surface area contributed by atoms with E-state index in [0.717, 1.165) is 16.9 Å². The molecule has 168 valence electrons. The maximum atomic E-state index is 10.8. The van der Waals surface area contributed by atoms with Gasteiger partial charge in [0.2, 0.25) is 0 Å². The summed E-state index contributed by atoms with van der Waals surface area (Å²) >= 11 is 0. The molecule has 0 aliphatic carbocycles. The molecule has 0 aliphatic rings. The first-order valence-corrected chi connectivity index (χ1v) is 10.5. The second-order valence-corrected chi connectivity index (χ2v) is 7.13. The van der Waals surface area contributed by atoms with Crippen LogP contribution >= 0.6 is 0 Å². The standard InChI is InChI=1S/C26H24N2O5/c1-3-31-26-17-20(16-22(18-27)21-8-10-23(11-9-21)28(29)30)7-12-25(26)33-14-13-32-24-6-4-5-19(2)15-24/h4-12,15-17H,3,13-14H2,1-2H3/b22-16+. The van der Waals surface area contributed by atoms with Crippen molar-refractivity contribution >= 4 is 17.3 Å². The summed E-state index contributed by atoms with van der Waals surface area (Å²) < 4.78 is 17.3. The number of hydrogen-bond acceptors (Lipinski definition) is 6. The van der Waals surface area contributed by atoms with Crippen molar-refractivity contribution in [2.45, 2.75) is 13.8 Å². The summed E-state index contributed by atoms with van der Waals surface area (Å²) in [4.78, 5) is 10.4. The monoisotopic (exact) mass is 444 g/mol. The molecule has 0 radical (unpaired) electrons. The minimum absolute atomic E-state index is 0.0254. The SMILES string of the molecule is CCOc1cc(/C=C(\C#N)c2ccc([N+](=O)[O-])cc2)ccc1OCCOc1cccc(C)c1. The van der Waals surface area contributed by atoms with Gasteiger partial charge >= 0.3 is 0 Å². The zero-order chi connectivity index (χ0) is 23.6. The average molecular weight is 444 g/mol. The van der Waals surface area contributed by atoms with Gasteiger partial charge < -0.3 is 14.2 Å². The molecule has 0 aliphatic heterocycles. The molecule has 0 heterocycles. The quantitative estimate of drug-likeness (QED) is 0.128. The molecular weight excluding hydrogens is 420 g/mol. The molecule has 0 aromatic heterocycles. The van der Waals surface area contributed by atoms with E-state index in [2.05, 4.69) is 6.07 Å². The largest absolute Gasteiger partial charge is 0.490 e. The summed E-state index contributed by atoms with van der Waals surface area (Å²) in [6, 6.07) is 21.2. The van der Waals surface area contributed by atoms with Gasteiger partial charge in [-0.1, -0.05) is 18.2 Å². The lowest BCUT2D eigenvalue weighted by molar-refractivity contribution is -0.384. The van der Waals surface area contributed by atoms with Crippen molar-refractivity contribution in [2.24, 2.45) is 0 Å². The second kappa shape index (κ2) is 11.3. The number of nitriles is 1. The maximum absolute atomic E-state index is 10.8. The molecule has 7 heteroatoms. The van der Waals surface area contributed by atoms with Crippen LogP contribution in [0.3, 0.4) is 0 Å². The maximum Gasteiger partial charge on any atom is 0.269 e. The van der Waals surface area contributed by atoms with E-state index in [9.17, 15) is 15.4 Å². The van der Waals surface area contributed by atoms with Gasteiger partial charge in [-0.3, -0.25) is 10.1 Å². The zero-order valence-electron chi connectivity index (χ0n) is 18.5. The van der Waals surface area contributed by atoms with Crippen molar-refractivity contribution in [1.29, 1.82) is 5.26 Å². The molecule has 0 saturated heterocycles. The third kappa shape index (κ3) is 6.58. The van der Waals surface area contributed by atoms with Gasteiger partial charge in [-0.25, -0.2) is 0 Å². The molecule has 7 nitrogen and oxygen atoms in total. The predicted molar refractivity (Wildman–Crippen MR) is 126 cm³/mol. The van der Waals surface area contributed by atoms with Crippen LogP contribution in [0.4, 0.5) is 5.69 Å². The average Bonchev–Trinajstić information content (AvgIpc) is 2.81. The van der Waals surface area contributed by atoms with Gasteiger partial charge in [0, 0.05) is 12.1 Å². The predicted octanol–water partition coefficient (Wildman–Crippen LogP) is 5.82. The van der Waals surface area contributed by atoms with Crippen molar-refractivity contribution in [1.82, 2.24) is 0 Å². The fourth-order valence-electron chi connectivity index (χ4n) is 3.13. The number of nitrogens with zero attached hydrogens (tertiary/aromatic N) is 2. The molecular formula is C26H24N2O5. The first-order valence-electron chi connectivity index (χ1n) is 10.5. The Morgan fingerprint density at radius 3 is 2.42 bits per heavy atom. The van der Waals surface area contributed by atoms with Gasteiger partial charge in [0.05, 0.1) is 23.2 Å². The Bertz CT molecular complexity index is 1180. The molecule has 0 N–H and O–H groups in total. The molecule has 0 saturated carbocycles. The van der Waals surface area contributed by atoms with E-state index in [4.69, 9.17) is 14.2 Å². The lowest BCUT2D eigenvalue weighted by Gasteiger charge is -2.13. The van der Waals surface area contributed by atoms with Crippen LogP contribution in [-0.4, -0.2) is 24.7 Å². The van der Waals surface area contributed by atoms with Crippen LogP contribution in [0.15, 0.2) is 66.7 Å².